The fourth-order valence-corrected chi connectivity index (χ4v) is 3.25. The first-order valence-electron chi connectivity index (χ1n) is 8.22. The number of halogens is 4. The van der Waals surface area contributed by atoms with Gasteiger partial charge in [0.1, 0.15) is 5.82 Å². The van der Waals surface area contributed by atoms with Crippen molar-refractivity contribution in [2.45, 2.75) is 18.9 Å². The monoisotopic (exact) mass is 450 g/mol. The molecular weight excluding hydrogens is 430 g/mol. The Bertz CT molecular complexity index is 775. The summed E-state index contributed by atoms with van der Waals surface area (Å²) in [6.45, 7) is 1.47. The Hall–Kier alpha value is -1.24. The summed E-state index contributed by atoms with van der Waals surface area (Å²) in [5.41, 5.74) is 1.28. The van der Waals surface area contributed by atoms with Crippen LogP contribution in [0.4, 0.5) is 11.5 Å². The van der Waals surface area contributed by atoms with Crippen molar-refractivity contribution in [3.63, 3.8) is 0 Å². The average molecular weight is 452 g/mol. The summed E-state index contributed by atoms with van der Waals surface area (Å²) in [5, 5.41) is 7.35. The van der Waals surface area contributed by atoms with Crippen molar-refractivity contribution in [2.24, 2.45) is 0 Å². The summed E-state index contributed by atoms with van der Waals surface area (Å²) in [7, 11) is 1.93. The van der Waals surface area contributed by atoms with Crippen LogP contribution in [0.3, 0.4) is 0 Å². The maximum Gasteiger partial charge on any atom is 0.257 e. The number of anilines is 2. The van der Waals surface area contributed by atoms with Crippen LogP contribution in [-0.2, 0) is 0 Å². The van der Waals surface area contributed by atoms with Crippen molar-refractivity contribution >= 4 is 65.4 Å². The number of carbonyl (C=O) groups is 1. The highest BCUT2D eigenvalue weighted by atomic mass is 35.5. The van der Waals surface area contributed by atoms with Crippen LogP contribution < -0.4 is 10.6 Å². The molecule has 0 aliphatic carbocycles. The molecule has 2 aromatic rings. The van der Waals surface area contributed by atoms with Crippen LogP contribution in [0.1, 0.15) is 23.2 Å². The zero-order valence-corrected chi connectivity index (χ0v) is 17.9. The third-order valence-electron chi connectivity index (χ3n) is 4.34. The van der Waals surface area contributed by atoms with E-state index in [1.807, 2.05) is 11.9 Å². The number of nitrogens with zero attached hydrogens (tertiary/aromatic N) is 2. The van der Waals surface area contributed by atoms with Crippen LogP contribution in [0, 0.1) is 0 Å². The highest BCUT2D eigenvalue weighted by molar-refractivity contribution is 6.42. The van der Waals surface area contributed by atoms with E-state index >= 15 is 0 Å². The van der Waals surface area contributed by atoms with E-state index < -0.39 is 0 Å². The van der Waals surface area contributed by atoms with E-state index in [-0.39, 0.29) is 30.7 Å². The van der Waals surface area contributed by atoms with Crippen LogP contribution >= 0.6 is 48.0 Å². The molecule has 1 saturated heterocycles. The number of hydrogen-bond donors (Lipinski definition) is 2. The highest BCUT2D eigenvalue weighted by Crippen LogP contribution is 2.28. The van der Waals surface area contributed by atoms with Crippen LogP contribution in [0.5, 0.6) is 0 Å². The molecule has 1 amide bonds. The van der Waals surface area contributed by atoms with Crippen LogP contribution in [0.25, 0.3) is 0 Å². The van der Waals surface area contributed by atoms with Gasteiger partial charge in [0.2, 0.25) is 0 Å². The number of likely N-dealkylation sites (N-methyl/N-ethyl adjacent to an activating group) is 1. The molecule has 0 spiro atoms. The predicted octanol–water partition coefficient (Wildman–Crippen LogP) is 4.80. The Balaban J connectivity index is 0.00000182. The SMILES string of the molecule is CNC1CCCN(C(=O)c2cccnc2Nc2ccc(Cl)c(Cl)c2)C1.Cl.Cl. The van der Waals surface area contributed by atoms with Gasteiger partial charge in [0.25, 0.3) is 5.91 Å². The number of aromatic nitrogens is 1. The van der Waals surface area contributed by atoms with Gasteiger partial charge in [0.05, 0.1) is 15.6 Å². The second kappa shape index (κ2) is 10.9. The molecule has 5 nitrogen and oxygen atoms in total. The number of pyridine rings is 1. The number of amides is 1. The molecule has 1 aliphatic heterocycles. The standard InChI is InChI=1S/C18H20Cl2N4O.2ClH/c1-21-13-4-3-9-24(11-13)18(25)14-5-2-8-22-17(14)23-12-6-7-15(19)16(20)10-12;;/h2,5-8,10,13,21H,3-4,9,11H2,1H3,(H,22,23);2*1H. The number of likely N-dealkylation sites (tertiary alicyclic amines) is 1. The molecule has 0 saturated carbocycles. The molecule has 1 fully saturated rings. The highest BCUT2D eigenvalue weighted by Gasteiger charge is 2.25. The number of carbonyl (C=O) groups excluding carboxylic acids is 1. The van der Waals surface area contributed by atoms with Crippen molar-refractivity contribution in [1.82, 2.24) is 15.2 Å². The fraction of sp³-hybridized carbons (Fsp3) is 0.333. The number of rotatable bonds is 4. The lowest BCUT2D eigenvalue weighted by Gasteiger charge is -2.32. The molecule has 1 atom stereocenters. The van der Waals surface area contributed by atoms with Crippen LogP contribution in [0.2, 0.25) is 10.0 Å². The summed E-state index contributed by atoms with van der Waals surface area (Å²) in [6.07, 6.45) is 3.73. The topological polar surface area (TPSA) is 57.3 Å². The molecular formula is C18H22Cl4N4O. The minimum absolute atomic E-state index is 0. The van der Waals surface area contributed by atoms with Gasteiger partial charge in [0, 0.05) is 31.0 Å². The van der Waals surface area contributed by atoms with Crippen molar-refractivity contribution in [1.29, 1.82) is 0 Å². The van der Waals surface area contributed by atoms with Crippen molar-refractivity contribution in [3.05, 3.63) is 52.1 Å². The lowest BCUT2D eigenvalue weighted by atomic mass is 10.0. The lowest BCUT2D eigenvalue weighted by Crippen LogP contribution is -2.47. The van der Waals surface area contributed by atoms with Gasteiger partial charge in [-0.3, -0.25) is 4.79 Å². The molecule has 2 N–H and O–H groups in total. The molecule has 1 unspecified atom stereocenters. The Morgan fingerprint density at radius 2 is 2.00 bits per heavy atom. The van der Waals surface area contributed by atoms with E-state index in [4.69, 9.17) is 23.2 Å². The first-order chi connectivity index (χ1) is 12.1. The summed E-state index contributed by atoms with van der Waals surface area (Å²) < 4.78 is 0. The number of hydrogen-bond acceptors (Lipinski definition) is 4. The van der Waals surface area contributed by atoms with E-state index in [2.05, 4.69) is 15.6 Å². The van der Waals surface area contributed by atoms with E-state index in [9.17, 15) is 4.79 Å². The Morgan fingerprint density at radius 1 is 1.22 bits per heavy atom. The van der Waals surface area contributed by atoms with Crippen molar-refractivity contribution in [3.8, 4) is 0 Å². The minimum Gasteiger partial charge on any atom is -0.340 e. The largest absolute Gasteiger partial charge is 0.340 e. The number of benzene rings is 1. The van der Waals surface area contributed by atoms with Crippen molar-refractivity contribution in [2.75, 3.05) is 25.5 Å². The molecule has 9 heteroatoms. The zero-order valence-electron chi connectivity index (χ0n) is 14.7. The van der Waals surface area contributed by atoms with Gasteiger partial charge in [0.15, 0.2) is 0 Å². The zero-order chi connectivity index (χ0) is 17.8. The second-order valence-electron chi connectivity index (χ2n) is 6.03. The third-order valence-corrected chi connectivity index (χ3v) is 5.08. The van der Waals surface area contributed by atoms with Gasteiger partial charge < -0.3 is 15.5 Å². The van der Waals surface area contributed by atoms with Crippen LogP contribution in [-0.4, -0.2) is 42.0 Å². The molecule has 0 bridgehead atoms. The number of piperidine rings is 1. The average Bonchev–Trinajstić information content (AvgIpc) is 2.64. The normalized spacial score (nSPS) is 16.1. The maximum atomic E-state index is 13.0. The van der Waals surface area contributed by atoms with Gasteiger partial charge in [-0.05, 0) is 50.2 Å². The van der Waals surface area contributed by atoms with Gasteiger partial charge >= 0.3 is 0 Å². The lowest BCUT2D eigenvalue weighted by molar-refractivity contribution is 0.0699. The van der Waals surface area contributed by atoms with E-state index in [0.717, 1.165) is 25.1 Å². The molecule has 2 heterocycles. The van der Waals surface area contributed by atoms with E-state index in [0.29, 0.717) is 34.0 Å². The summed E-state index contributed by atoms with van der Waals surface area (Å²) >= 11 is 12.0. The van der Waals surface area contributed by atoms with Gasteiger partial charge in [-0.15, -0.1) is 24.8 Å². The Morgan fingerprint density at radius 3 is 2.70 bits per heavy atom. The molecule has 1 aromatic heterocycles. The molecule has 1 aromatic carbocycles. The first-order valence-corrected chi connectivity index (χ1v) is 8.97. The van der Waals surface area contributed by atoms with E-state index in [1.54, 1.807) is 36.5 Å². The van der Waals surface area contributed by atoms with E-state index in [1.165, 1.54) is 0 Å². The van der Waals surface area contributed by atoms with Gasteiger partial charge in [-0.1, -0.05) is 23.2 Å². The predicted molar refractivity (Wildman–Crippen MR) is 116 cm³/mol. The number of nitrogens with one attached hydrogen (secondary N) is 2. The Kier molecular flexibility index (Phi) is 9.63. The third kappa shape index (κ3) is 5.87. The van der Waals surface area contributed by atoms with Gasteiger partial charge in [-0.2, -0.15) is 0 Å². The first kappa shape index (κ1) is 23.8. The molecule has 148 valence electrons. The quantitative estimate of drug-likeness (QED) is 0.700. The summed E-state index contributed by atoms with van der Waals surface area (Å²) in [4.78, 5) is 19.2. The second-order valence-corrected chi connectivity index (χ2v) is 6.85. The van der Waals surface area contributed by atoms with Crippen LogP contribution in [0.15, 0.2) is 36.5 Å². The molecule has 0 radical (unpaired) electrons. The summed E-state index contributed by atoms with van der Waals surface area (Å²) in [6, 6.07) is 9.12. The molecule has 1 aliphatic rings. The molecule has 3 rings (SSSR count). The minimum atomic E-state index is -0.0180. The van der Waals surface area contributed by atoms with Gasteiger partial charge in [-0.25, -0.2) is 4.98 Å². The maximum absolute atomic E-state index is 13.0. The smallest absolute Gasteiger partial charge is 0.257 e. The van der Waals surface area contributed by atoms with Crippen molar-refractivity contribution < 1.29 is 4.79 Å². The summed E-state index contributed by atoms with van der Waals surface area (Å²) in [5.74, 6) is 0.494. The fourth-order valence-electron chi connectivity index (χ4n) is 2.96. The molecule has 27 heavy (non-hydrogen) atoms. The Labute approximate surface area is 181 Å².